The number of amides is 1. The molecule has 0 aromatic carbocycles. The predicted molar refractivity (Wildman–Crippen MR) is 63.1 cm³/mol. The van der Waals surface area contributed by atoms with E-state index >= 15 is 0 Å². The first-order valence-corrected chi connectivity index (χ1v) is 5.64. The number of nitrogens with zero attached hydrogens (tertiary/aromatic N) is 2. The summed E-state index contributed by atoms with van der Waals surface area (Å²) in [6.07, 6.45) is 3.50. The predicted octanol–water partition coefficient (Wildman–Crippen LogP) is 1.09. The fraction of sp³-hybridized carbons (Fsp3) is 0.500. The van der Waals surface area contributed by atoms with E-state index in [1.165, 1.54) is 5.56 Å². The maximum Gasteiger partial charge on any atom is 0.220 e. The molecule has 4 nitrogen and oxygen atoms in total. The van der Waals surface area contributed by atoms with Crippen molar-refractivity contribution in [2.75, 3.05) is 18.0 Å². The van der Waals surface area contributed by atoms with Gasteiger partial charge in [0, 0.05) is 25.2 Å². The molecule has 16 heavy (non-hydrogen) atoms. The molecule has 2 N–H and O–H groups in total. The van der Waals surface area contributed by atoms with Crippen LogP contribution < -0.4 is 10.6 Å². The van der Waals surface area contributed by atoms with Crippen LogP contribution in [-0.2, 0) is 4.79 Å². The number of nitrogens with two attached hydrogens (primary N) is 1. The molecule has 1 amide bonds. The Balaban J connectivity index is 2.01. The summed E-state index contributed by atoms with van der Waals surface area (Å²) in [7, 11) is 0. The molecule has 1 saturated heterocycles. The molecule has 86 valence electrons. The fourth-order valence-electron chi connectivity index (χ4n) is 2.09. The molecule has 2 heterocycles. The summed E-state index contributed by atoms with van der Waals surface area (Å²) in [5.74, 6) is 0.876. The van der Waals surface area contributed by atoms with Crippen molar-refractivity contribution in [3.8, 4) is 0 Å². The van der Waals surface area contributed by atoms with Crippen LogP contribution in [0.25, 0.3) is 0 Å². The highest BCUT2D eigenvalue weighted by atomic mass is 16.1. The molecule has 0 bridgehead atoms. The molecular weight excluding hydrogens is 202 g/mol. The monoisotopic (exact) mass is 219 g/mol. The number of carbonyl (C=O) groups is 1. The van der Waals surface area contributed by atoms with E-state index in [9.17, 15) is 4.79 Å². The summed E-state index contributed by atoms with van der Waals surface area (Å²) in [6.45, 7) is 3.79. The van der Waals surface area contributed by atoms with Gasteiger partial charge in [0.25, 0.3) is 0 Å². The first-order chi connectivity index (χ1) is 7.66. The van der Waals surface area contributed by atoms with E-state index < -0.39 is 0 Å². The van der Waals surface area contributed by atoms with Gasteiger partial charge in [-0.15, -0.1) is 0 Å². The fourth-order valence-corrected chi connectivity index (χ4v) is 2.09. The Labute approximate surface area is 95.5 Å². The van der Waals surface area contributed by atoms with Crippen LogP contribution in [0.2, 0.25) is 0 Å². The van der Waals surface area contributed by atoms with Gasteiger partial charge in [-0.2, -0.15) is 0 Å². The maximum atomic E-state index is 11.0. The summed E-state index contributed by atoms with van der Waals surface area (Å²) >= 11 is 0. The molecule has 1 aliphatic heterocycles. The van der Waals surface area contributed by atoms with Gasteiger partial charge < -0.3 is 10.6 Å². The van der Waals surface area contributed by atoms with Crippen molar-refractivity contribution in [3.63, 3.8) is 0 Å². The van der Waals surface area contributed by atoms with Gasteiger partial charge in [-0.25, -0.2) is 4.98 Å². The van der Waals surface area contributed by atoms with Gasteiger partial charge in [-0.1, -0.05) is 0 Å². The third kappa shape index (κ3) is 2.32. The lowest BCUT2D eigenvalue weighted by Crippen LogP contribution is -2.38. The van der Waals surface area contributed by atoms with Gasteiger partial charge >= 0.3 is 0 Å². The Hall–Kier alpha value is -1.58. The Morgan fingerprint density at radius 3 is 2.75 bits per heavy atom. The number of hydrogen-bond acceptors (Lipinski definition) is 3. The Morgan fingerprint density at radius 1 is 1.50 bits per heavy atom. The van der Waals surface area contributed by atoms with Gasteiger partial charge in [0.05, 0.1) is 0 Å². The van der Waals surface area contributed by atoms with E-state index in [2.05, 4.69) is 22.9 Å². The smallest absolute Gasteiger partial charge is 0.220 e. The number of aromatic nitrogens is 1. The highest BCUT2D eigenvalue weighted by molar-refractivity contribution is 5.76. The zero-order chi connectivity index (χ0) is 11.5. The molecule has 0 aliphatic carbocycles. The molecule has 1 fully saturated rings. The van der Waals surface area contributed by atoms with Crippen molar-refractivity contribution < 1.29 is 4.79 Å². The van der Waals surface area contributed by atoms with Crippen LogP contribution in [0.1, 0.15) is 18.4 Å². The van der Waals surface area contributed by atoms with E-state index in [1.807, 2.05) is 12.3 Å². The SMILES string of the molecule is Cc1ccnc(N2CCC(C(N)=O)CC2)c1. The molecule has 0 unspecified atom stereocenters. The number of hydrogen-bond donors (Lipinski definition) is 1. The van der Waals surface area contributed by atoms with Crippen LogP contribution in [0.15, 0.2) is 18.3 Å². The topological polar surface area (TPSA) is 59.2 Å². The van der Waals surface area contributed by atoms with Crippen molar-refractivity contribution >= 4 is 11.7 Å². The zero-order valence-electron chi connectivity index (χ0n) is 9.52. The highest BCUT2D eigenvalue weighted by Gasteiger charge is 2.23. The minimum atomic E-state index is -0.170. The van der Waals surface area contributed by atoms with Crippen molar-refractivity contribution in [2.45, 2.75) is 19.8 Å². The van der Waals surface area contributed by atoms with Gasteiger partial charge in [-0.3, -0.25) is 4.79 Å². The van der Waals surface area contributed by atoms with Gasteiger partial charge in [-0.05, 0) is 37.5 Å². The quantitative estimate of drug-likeness (QED) is 0.810. The van der Waals surface area contributed by atoms with Gasteiger partial charge in [0.2, 0.25) is 5.91 Å². The van der Waals surface area contributed by atoms with E-state index in [0.29, 0.717) is 0 Å². The maximum absolute atomic E-state index is 11.0. The zero-order valence-corrected chi connectivity index (χ0v) is 9.52. The number of aryl methyl sites for hydroxylation is 1. The van der Waals surface area contributed by atoms with Crippen LogP contribution in [0, 0.1) is 12.8 Å². The van der Waals surface area contributed by atoms with Gasteiger partial charge in [0.1, 0.15) is 5.82 Å². The van der Waals surface area contributed by atoms with Gasteiger partial charge in [0.15, 0.2) is 0 Å². The van der Waals surface area contributed by atoms with Crippen molar-refractivity contribution in [1.29, 1.82) is 0 Å². The van der Waals surface area contributed by atoms with E-state index in [-0.39, 0.29) is 11.8 Å². The van der Waals surface area contributed by atoms with Crippen molar-refractivity contribution in [1.82, 2.24) is 4.98 Å². The molecule has 0 spiro atoms. The molecule has 0 saturated carbocycles. The normalized spacial score (nSPS) is 17.4. The number of rotatable bonds is 2. The first kappa shape index (κ1) is 10.9. The lowest BCUT2D eigenvalue weighted by Gasteiger charge is -2.31. The van der Waals surface area contributed by atoms with Crippen LogP contribution in [0.5, 0.6) is 0 Å². The number of carbonyl (C=O) groups excluding carboxylic acids is 1. The minimum Gasteiger partial charge on any atom is -0.369 e. The van der Waals surface area contributed by atoms with E-state index in [0.717, 1.165) is 31.7 Å². The minimum absolute atomic E-state index is 0.0426. The Bertz CT molecular complexity index is 384. The molecule has 0 radical (unpaired) electrons. The molecule has 1 aliphatic rings. The molecule has 0 atom stereocenters. The van der Waals surface area contributed by atoms with Crippen LogP contribution in [0.3, 0.4) is 0 Å². The average Bonchev–Trinajstić information content (AvgIpc) is 2.29. The van der Waals surface area contributed by atoms with Crippen LogP contribution >= 0.6 is 0 Å². The standard InChI is InChI=1S/C12H17N3O/c1-9-2-5-14-11(8-9)15-6-3-10(4-7-15)12(13)16/h2,5,8,10H,3-4,6-7H2,1H3,(H2,13,16). The molecule has 1 aromatic heterocycles. The van der Waals surface area contributed by atoms with E-state index in [1.54, 1.807) is 0 Å². The first-order valence-electron chi connectivity index (χ1n) is 5.64. The summed E-state index contributed by atoms with van der Waals surface area (Å²) in [5.41, 5.74) is 6.51. The second-order valence-electron chi connectivity index (χ2n) is 4.36. The molecular formula is C12H17N3O. The van der Waals surface area contributed by atoms with E-state index in [4.69, 9.17) is 5.73 Å². The lowest BCUT2D eigenvalue weighted by atomic mass is 9.96. The lowest BCUT2D eigenvalue weighted by molar-refractivity contribution is -0.122. The second kappa shape index (κ2) is 4.51. The summed E-state index contributed by atoms with van der Waals surface area (Å²) in [6, 6.07) is 4.06. The third-order valence-corrected chi connectivity index (χ3v) is 3.12. The second-order valence-corrected chi connectivity index (χ2v) is 4.36. The van der Waals surface area contributed by atoms with Crippen LogP contribution in [-0.4, -0.2) is 24.0 Å². The summed E-state index contributed by atoms with van der Waals surface area (Å²) < 4.78 is 0. The summed E-state index contributed by atoms with van der Waals surface area (Å²) in [5, 5.41) is 0. The molecule has 2 rings (SSSR count). The molecule has 1 aromatic rings. The highest BCUT2D eigenvalue weighted by Crippen LogP contribution is 2.21. The average molecular weight is 219 g/mol. The number of anilines is 1. The molecule has 4 heteroatoms. The summed E-state index contributed by atoms with van der Waals surface area (Å²) in [4.78, 5) is 17.6. The Kier molecular flexibility index (Phi) is 3.08. The number of primary amides is 1. The largest absolute Gasteiger partial charge is 0.369 e. The van der Waals surface area contributed by atoms with Crippen molar-refractivity contribution in [3.05, 3.63) is 23.9 Å². The third-order valence-electron chi connectivity index (χ3n) is 3.12. The van der Waals surface area contributed by atoms with Crippen molar-refractivity contribution in [2.24, 2.45) is 11.7 Å². The Morgan fingerprint density at radius 2 is 2.19 bits per heavy atom. The number of piperidine rings is 1. The number of pyridine rings is 1. The van der Waals surface area contributed by atoms with Crippen LogP contribution in [0.4, 0.5) is 5.82 Å².